The SMILES string of the molecule is CCC1(OC(=O)C2CC3CC2C2C4C=CC(C4)C32)CCC2CCCCC2C1. The summed E-state index contributed by atoms with van der Waals surface area (Å²) in [5.74, 6) is 6.94. The molecule has 0 aromatic rings. The van der Waals surface area contributed by atoms with Gasteiger partial charge in [-0.15, -0.1) is 0 Å². The van der Waals surface area contributed by atoms with Crippen molar-refractivity contribution in [1.29, 1.82) is 0 Å². The molecule has 10 unspecified atom stereocenters. The molecule has 0 aromatic heterocycles. The maximum absolute atomic E-state index is 13.4. The lowest BCUT2D eigenvalue weighted by molar-refractivity contribution is -0.176. The van der Waals surface area contributed by atoms with Crippen molar-refractivity contribution in [2.24, 2.45) is 53.3 Å². The Balaban J connectivity index is 1.17. The van der Waals surface area contributed by atoms with E-state index in [0.29, 0.717) is 5.92 Å². The summed E-state index contributed by atoms with van der Waals surface area (Å²) in [7, 11) is 0. The molecule has 148 valence electrons. The summed E-state index contributed by atoms with van der Waals surface area (Å²) in [6, 6.07) is 0. The van der Waals surface area contributed by atoms with Gasteiger partial charge in [-0.05, 0) is 92.3 Å². The van der Waals surface area contributed by atoms with Crippen molar-refractivity contribution in [3.05, 3.63) is 12.2 Å². The summed E-state index contributed by atoms with van der Waals surface area (Å²) in [6.07, 6.45) is 19.0. The van der Waals surface area contributed by atoms with Gasteiger partial charge in [-0.25, -0.2) is 0 Å². The summed E-state index contributed by atoms with van der Waals surface area (Å²) in [4.78, 5) is 13.4. The highest BCUT2D eigenvalue weighted by Gasteiger charge is 2.63. The molecule has 0 N–H and O–H groups in total. The second-order valence-corrected chi connectivity index (χ2v) is 11.1. The third-order valence-corrected chi connectivity index (χ3v) is 10.2. The molecule has 5 saturated carbocycles. The molecule has 0 heterocycles. The molecule has 2 nitrogen and oxygen atoms in total. The van der Waals surface area contributed by atoms with E-state index >= 15 is 0 Å². The average molecular weight is 369 g/mol. The standard InChI is InChI=1S/C25H36O2/c1-2-25(10-9-15-5-3-4-6-18(15)14-25)27-24(26)21-13-19-12-20(21)23-17-8-7-16(11-17)22(19)23/h7-8,15-23H,2-6,9-14H2,1H3. The zero-order valence-corrected chi connectivity index (χ0v) is 16.9. The summed E-state index contributed by atoms with van der Waals surface area (Å²) >= 11 is 0. The number of hydrogen-bond donors (Lipinski definition) is 0. The van der Waals surface area contributed by atoms with E-state index in [2.05, 4.69) is 19.1 Å². The van der Waals surface area contributed by atoms with Crippen LogP contribution >= 0.6 is 0 Å². The second-order valence-electron chi connectivity index (χ2n) is 11.1. The van der Waals surface area contributed by atoms with Crippen molar-refractivity contribution in [1.82, 2.24) is 0 Å². The van der Waals surface area contributed by atoms with Crippen LogP contribution in [0.1, 0.15) is 77.6 Å². The van der Waals surface area contributed by atoms with Gasteiger partial charge < -0.3 is 4.74 Å². The molecular formula is C25H36O2. The van der Waals surface area contributed by atoms with Crippen LogP contribution in [0, 0.1) is 53.3 Å². The van der Waals surface area contributed by atoms with Crippen LogP contribution in [0.25, 0.3) is 0 Å². The van der Waals surface area contributed by atoms with Gasteiger partial charge in [0, 0.05) is 0 Å². The lowest BCUT2D eigenvalue weighted by atomic mass is 9.65. The molecule has 6 aliphatic carbocycles. The fourth-order valence-electron chi connectivity index (χ4n) is 9.02. The lowest BCUT2D eigenvalue weighted by Gasteiger charge is -2.46. The lowest BCUT2D eigenvalue weighted by Crippen LogP contribution is -2.45. The summed E-state index contributed by atoms with van der Waals surface area (Å²) in [5.41, 5.74) is -0.134. The zero-order chi connectivity index (χ0) is 18.2. The molecular weight excluding hydrogens is 332 g/mol. The maximum atomic E-state index is 13.4. The molecule has 27 heavy (non-hydrogen) atoms. The number of allylic oxidation sites excluding steroid dienone is 2. The van der Waals surface area contributed by atoms with E-state index in [1.165, 1.54) is 44.9 Å². The third-order valence-electron chi connectivity index (χ3n) is 10.2. The Morgan fingerprint density at radius 1 is 0.963 bits per heavy atom. The molecule has 0 radical (unpaired) electrons. The maximum Gasteiger partial charge on any atom is 0.309 e. The molecule has 5 fully saturated rings. The number of rotatable bonds is 3. The van der Waals surface area contributed by atoms with Crippen LogP contribution in [0.2, 0.25) is 0 Å². The number of fused-ring (bicyclic) bond motifs is 10. The van der Waals surface area contributed by atoms with E-state index in [4.69, 9.17) is 4.74 Å². The number of esters is 1. The Kier molecular flexibility index (Phi) is 3.86. The van der Waals surface area contributed by atoms with Gasteiger partial charge in [0.15, 0.2) is 0 Å². The molecule has 0 aliphatic heterocycles. The van der Waals surface area contributed by atoms with Crippen LogP contribution in [0.4, 0.5) is 0 Å². The summed E-state index contributed by atoms with van der Waals surface area (Å²) in [6.45, 7) is 2.26. The number of hydrogen-bond acceptors (Lipinski definition) is 2. The van der Waals surface area contributed by atoms with Crippen molar-refractivity contribution in [3.63, 3.8) is 0 Å². The summed E-state index contributed by atoms with van der Waals surface area (Å²) < 4.78 is 6.49. The van der Waals surface area contributed by atoms with Gasteiger partial charge in [0.1, 0.15) is 5.60 Å². The van der Waals surface area contributed by atoms with Gasteiger partial charge in [-0.3, -0.25) is 4.79 Å². The van der Waals surface area contributed by atoms with Crippen molar-refractivity contribution in [2.75, 3.05) is 0 Å². The zero-order valence-electron chi connectivity index (χ0n) is 16.9. The fraction of sp³-hybridized carbons (Fsp3) is 0.880. The first-order valence-electron chi connectivity index (χ1n) is 12.1. The molecule has 4 bridgehead atoms. The van der Waals surface area contributed by atoms with Crippen LogP contribution in [0.15, 0.2) is 12.2 Å². The first-order valence-corrected chi connectivity index (χ1v) is 12.1. The highest BCUT2D eigenvalue weighted by Crippen LogP contribution is 2.67. The predicted molar refractivity (Wildman–Crippen MR) is 106 cm³/mol. The van der Waals surface area contributed by atoms with Crippen LogP contribution in [-0.4, -0.2) is 11.6 Å². The van der Waals surface area contributed by atoms with Crippen LogP contribution in [0.3, 0.4) is 0 Å². The van der Waals surface area contributed by atoms with Gasteiger partial charge >= 0.3 is 5.97 Å². The van der Waals surface area contributed by atoms with Gasteiger partial charge in [0.05, 0.1) is 5.92 Å². The van der Waals surface area contributed by atoms with Gasteiger partial charge in [-0.2, -0.15) is 0 Å². The number of carbonyl (C=O) groups excluding carboxylic acids is 1. The van der Waals surface area contributed by atoms with E-state index in [1.807, 2.05) is 0 Å². The Hall–Kier alpha value is -0.790. The van der Waals surface area contributed by atoms with E-state index in [9.17, 15) is 4.79 Å². The molecule has 0 amide bonds. The van der Waals surface area contributed by atoms with E-state index < -0.39 is 0 Å². The van der Waals surface area contributed by atoms with Gasteiger partial charge in [-0.1, -0.05) is 44.8 Å². The highest BCUT2D eigenvalue weighted by atomic mass is 16.6. The number of carbonyl (C=O) groups is 1. The van der Waals surface area contributed by atoms with Crippen LogP contribution in [-0.2, 0) is 9.53 Å². The second kappa shape index (κ2) is 6.10. The molecule has 0 aromatic carbocycles. The Bertz CT molecular complexity index is 653. The molecule has 0 spiro atoms. The smallest absolute Gasteiger partial charge is 0.309 e. The predicted octanol–water partition coefficient (Wildman–Crippen LogP) is 5.76. The van der Waals surface area contributed by atoms with Crippen molar-refractivity contribution >= 4 is 5.97 Å². The first kappa shape index (κ1) is 17.1. The van der Waals surface area contributed by atoms with E-state index in [1.54, 1.807) is 0 Å². The van der Waals surface area contributed by atoms with Crippen molar-refractivity contribution in [2.45, 2.75) is 83.2 Å². The Morgan fingerprint density at radius 2 is 1.74 bits per heavy atom. The average Bonchev–Trinajstić information content (AvgIpc) is 3.46. The quantitative estimate of drug-likeness (QED) is 0.359. The minimum Gasteiger partial charge on any atom is -0.459 e. The monoisotopic (exact) mass is 368 g/mol. The Morgan fingerprint density at radius 3 is 2.56 bits per heavy atom. The third kappa shape index (κ3) is 2.47. The first-order chi connectivity index (χ1) is 13.2. The van der Waals surface area contributed by atoms with Crippen molar-refractivity contribution < 1.29 is 9.53 Å². The molecule has 2 heteroatoms. The summed E-state index contributed by atoms with van der Waals surface area (Å²) in [5, 5.41) is 0. The van der Waals surface area contributed by atoms with Gasteiger partial charge in [0.25, 0.3) is 0 Å². The molecule has 6 aliphatic rings. The largest absolute Gasteiger partial charge is 0.459 e. The van der Waals surface area contributed by atoms with Crippen LogP contribution < -0.4 is 0 Å². The topological polar surface area (TPSA) is 26.3 Å². The van der Waals surface area contributed by atoms with Gasteiger partial charge in [0.2, 0.25) is 0 Å². The number of ether oxygens (including phenoxy) is 1. The normalized spacial score (nSPS) is 54.8. The van der Waals surface area contributed by atoms with E-state index in [0.717, 1.165) is 67.1 Å². The molecule has 6 rings (SSSR count). The van der Waals surface area contributed by atoms with Crippen molar-refractivity contribution in [3.8, 4) is 0 Å². The van der Waals surface area contributed by atoms with E-state index in [-0.39, 0.29) is 17.5 Å². The fourth-order valence-corrected chi connectivity index (χ4v) is 9.02. The molecule has 0 saturated heterocycles. The minimum atomic E-state index is -0.134. The minimum absolute atomic E-state index is 0.134. The highest BCUT2D eigenvalue weighted by molar-refractivity contribution is 5.74. The Labute approximate surface area is 164 Å². The molecule has 10 atom stereocenters. The van der Waals surface area contributed by atoms with Crippen LogP contribution in [0.5, 0.6) is 0 Å².